The van der Waals surface area contributed by atoms with Crippen molar-refractivity contribution in [2.24, 2.45) is 11.7 Å². The fraction of sp³-hybridized carbons (Fsp3) is 0.545. The Kier molecular flexibility index (Phi) is 3.77. The number of nitrogens with one attached hydrogen (secondary N) is 1. The van der Waals surface area contributed by atoms with Crippen LogP contribution in [0.1, 0.15) is 31.4 Å². The number of hydrogen-bond donors (Lipinski definition) is 2. The molecule has 1 aliphatic carbocycles. The van der Waals surface area contributed by atoms with Gasteiger partial charge in [0.1, 0.15) is 11.5 Å². The minimum atomic E-state index is 0.00474. The number of amidine groups is 1. The third-order valence-corrected chi connectivity index (χ3v) is 3.93. The molecule has 0 amide bonds. The van der Waals surface area contributed by atoms with Crippen LogP contribution in [-0.2, 0) is 0 Å². The highest BCUT2D eigenvalue weighted by Crippen LogP contribution is 2.29. The maximum Gasteiger partial charge on any atom is 0.188 e. The largest absolute Gasteiger partial charge is 0.382 e. The first-order valence-corrected chi connectivity index (χ1v) is 6.54. The zero-order valence-electron chi connectivity index (χ0n) is 9.15. The van der Waals surface area contributed by atoms with Gasteiger partial charge < -0.3 is 5.73 Å². The summed E-state index contributed by atoms with van der Waals surface area (Å²) in [6, 6.07) is 1.67. The van der Waals surface area contributed by atoms with Crippen LogP contribution in [0.25, 0.3) is 0 Å². The molecule has 5 heteroatoms. The molecule has 86 valence electrons. The Bertz CT molecular complexity index is 374. The zero-order chi connectivity index (χ0) is 11.4. The predicted octanol–water partition coefficient (Wildman–Crippen LogP) is 2.04. The summed E-state index contributed by atoms with van der Waals surface area (Å²) < 4.78 is 0. The fourth-order valence-corrected chi connectivity index (χ4v) is 2.95. The monoisotopic (exact) mass is 236 g/mol. The summed E-state index contributed by atoms with van der Waals surface area (Å²) in [5.74, 6) is 1.90. The molecule has 2 rings (SSSR count). The van der Waals surface area contributed by atoms with E-state index in [1.54, 1.807) is 24.0 Å². The molecule has 0 atom stereocenters. The van der Waals surface area contributed by atoms with Crippen LogP contribution in [-0.4, -0.2) is 21.6 Å². The molecule has 0 saturated heterocycles. The second kappa shape index (κ2) is 5.30. The summed E-state index contributed by atoms with van der Waals surface area (Å²) in [6.07, 6.45) is 7.05. The fourth-order valence-electron chi connectivity index (χ4n) is 1.93. The van der Waals surface area contributed by atoms with Crippen LogP contribution in [0.2, 0.25) is 0 Å². The molecular formula is C11H16N4S. The van der Waals surface area contributed by atoms with Gasteiger partial charge in [0.05, 0.1) is 0 Å². The Hall–Kier alpha value is -1.10. The molecule has 0 bridgehead atoms. The van der Waals surface area contributed by atoms with Gasteiger partial charge in [-0.2, -0.15) is 0 Å². The average Bonchev–Trinajstić information content (AvgIpc) is 2.79. The maximum atomic E-state index is 7.31. The number of rotatable bonds is 4. The second-order valence-corrected chi connectivity index (χ2v) is 5.09. The van der Waals surface area contributed by atoms with Crippen molar-refractivity contribution in [2.75, 3.05) is 5.75 Å². The highest BCUT2D eigenvalue weighted by Gasteiger charge is 2.15. The maximum absolute atomic E-state index is 7.31. The lowest BCUT2D eigenvalue weighted by molar-refractivity contribution is 0.622. The third-order valence-electron chi connectivity index (χ3n) is 2.83. The van der Waals surface area contributed by atoms with Crippen LogP contribution in [0.15, 0.2) is 17.4 Å². The van der Waals surface area contributed by atoms with Gasteiger partial charge in [0.15, 0.2) is 5.16 Å². The number of nitrogens with two attached hydrogens (primary N) is 1. The predicted molar refractivity (Wildman–Crippen MR) is 65.7 cm³/mol. The van der Waals surface area contributed by atoms with E-state index in [1.165, 1.54) is 25.7 Å². The van der Waals surface area contributed by atoms with Crippen molar-refractivity contribution in [3.8, 4) is 0 Å². The standard InChI is InChI=1S/C11H16N4S/c12-10(13)9-5-6-14-11(15-9)16-7-8-3-1-2-4-8/h5-6,8H,1-4,7H2,(H3,12,13). The van der Waals surface area contributed by atoms with Crippen molar-refractivity contribution in [3.63, 3.8) is 0 Å². The smallest absolute Gasteiger partial charge is 0.188 e. The number of nitrogens with zero attached hydrogens (tertiary/aromatic N) is 2. The number of hydrogen-bond acceptors (Lipinski definition) is 4. The van der Waals surface area contributed by atoms with E-state index < -0.39 is 0 Å². The molecule has 0 radical (unpaired) electrons. The Balaban J connectivity index is 1.93. The van der Waals surface area contributed by atoms with Crippen LogP contribution in [0.4, 0.5) is 0 Å². The minimum absolute atomic E-state index is 0.00474. The van der Waals surface area contributed by atoms with Gasteiger partial charge in [-0.15, -0.1) is 0 Å². The molecule has 1 aromatic heterocycles. The summed E-state index contributed by atoms with van der Waals surface area (Å²) in [7, 11) is 0. The van der Waals surface area contributed by atoms with Crippen molar-refractivity contribution in [1.82, 2.24) is 9.97 Å². The second-order valence-electron chi connectivity index (χ2n) is 4.10. The molecule has 0 spiro atoms. The van der Waals surface area contributed by atoms with E-state index in [0.29, 0.717) is 5.69 Å². The molecule has 1 heterocycles. The van der Waals surface area contributed by atoms with Crippen molar-refractivity contribution < 1.29 is 0 Å². The lowest BCUT2D eigenvalue weighted by Crippen LogP contribution is -2.13. The first-order valence-electron chi connectivity index (χ1n) is 5.56. The lowest BCUT2D eigenvalue weighted by atomic mass is 10.1. The quantitative estimate of drug-likeness (QED) is 0.363. The van der Waals surface area contributed by atoms with Crippen LogP contribution in [0.3, 0.4) is 0 Å². The van der Waals surface area contributed by atoms with Crippen molar-refractivity contribution in [1.29, 1.82) is 5.41 Å². The Labute approximate surface area is 99.6 Å². The van der Waals surface area contributed by atoms with Gasteiger partial charge in [-0.3, -0.25) is 5.41 Å². The van der Waals surface area contributed by atoms with Crippen LogP contribution in [0.5, 0.6) is 0 Å². The summed E-state index contributed by atoms with van der Waals surface area (Å²) in [4.78, 5) is 8.42. The van der Waals surface area contributed by atoms with E-state index in [1.807, 2.05) is 0 Å². The first-order chi connectivity index (χ1) is 7.75. The molecule has 4 nitrogen and oxygen atoms in total. The molecule has 16 heavy (non-hydrogen) atoms. The van der Waals surface area contributed by atoms with E-state index in [-0.39, 0.29) is 5.84 Å². The van der Waals surface area contributed by atoms with Gasteiger partial charge in [0, 0.05) is 11.9 Å². The summed E-state index contributed by atoms with van der Waals surface area (Å²) in [6.45, 7) is 0. The first kappa shape index (κ1) is 11.4. The van der Waals surface area contributed by atoms with Gasteiger partial charge in [-0.05, 0) is 24.8 Å². The van der Waals surface area contributed by atoms with Crippen LogP contribution < -0.4 is 5.73 Å². The highest BCUT2D eigenvalue weighted by atomic mass is 32.2. The van der Waals surface area contributed by atoms with E-state index in [2.05, 4.69) is 9.97 Å². The average molecular weight is 236 g/mol. The topological polar surface area (TPSA) is 75.7 Å². The van der Waals surface area contributed by atoms with Crippen molar-refractivity contribution in [3.05, 3.63) is 18.0 Å². The molecule has 0 aliphatic heterocycles. The highest BCUT2D eigenvalue weighted by molar-refractivity contribution is 7.99. The van der Waals surface area contributed by atoms with Gasteiger partial charge in [0.2, 0.25) is 0 Å². The van der Waals surface area contributed by atoms with E-state index in [4.69, 9.17) is 11.1 Å². The molecule has 1 saturated carbocycles. The summed E-state index contributed by atoms with van der Waals surface area (Å²) >= 11 is 1.67. The zero-order valence-corrected chi connectivity index (χ0v) is 9.96. The molecule has 0 aromatic carbocycles. The molecular weight excluding hydrogens is 220 g/mol. The summed E-state index contributed by atoms with van der Waals surface area (Å²) in [5, 5.41) is 8.05. The number of thioether (sulfide) groups is 1. The molecule has 1 aromatic rings. The molecule has 3 N–H and O–H groups in total. The third kappa shape index (κ3) is 2.95. The minimum Gasteiger partial charge on any atom is -0.382 e. The van der Waals surface area contributed by atoms with E-state index in [0.717, 1.165) is 16.8 Å². The van der Waals surface area contributed by atoms with Crippen molar-refractivity contribution >= 4 is 17.6 Å². The van der Waals surface area contributed by atoms with Gasteiger partial charge >= 0.3 is 0 Å². The Morgan fingerprint density at radius 2 is 2.25 bits per heavy atom. The summed E-state index contributed by atoms with van der Waals surface area (Å²) in [5.41, 5.74) is 5.90. The SMILES string of the molecule is N=C(N)c1ccnc(SCC2CCCC2)n1. The normalized spacial score (nSPS) is 16.5. The molecule has 1 aliphatic rings. The van der Waals surface area contributed by atoms with E-state index >= 15 is 0 Å². The van der Waals surface area contributed by atoms with E-state index in [9.17, 15) is 0 Å². The van der Waals surface area contributed by atoms with Crippen LogP contribution >= 0.6 is 11.8 Å². The van der Waals surface area contributed by atoms with Gasteiger partial charge in [-0.25, -0.2) is 9.97 Å². The van der Waals surface area contributed by atoms with Gasteiger partial charge in [0.25, 0.3) is 0 Å². The number of nitrogen functional groups attached to an aromatic ring is 1. The molecule has 0 unspecified atom stereocenters. The number of aromatic nitrogens is 2. The Morgan fingerprint density at radius 3 is 2.94 bits per heavy atom. The van der Waals surface area contributed by atoms with Gasteiger partial charge in [-0.1, -0.05) is 24.6 Å². The molecule has 1 fully saturated rings. The van der Waals surface area contributed by atoms with Crippen LogP contribution in [0, 0.1) is 11.3 Å². The lowest BCUT2D eigenvalue weighted by Gasteiger charge is -2.07. The Morgan fingerprint density at radius 1 is 1.50 bits per heavy atom. The van der Waals surface area contributed by atoms with Crippen molar-refractivity contribution in [2.45, 2.75) is 30.8 Å².